The Morgan fingerprint density at radius 3 is 1.19 bits per heavy atom. The minimum absolute atomic E-state index is 0. The molecule has 0 amide bonds. The monoisotopic (exact) mass is 266 g/mol. The van der Waals surface area contributed by atoms with Crippen molar-refractivity contribution in [2.24, 2.45) is 0 Å². The van der Waals surface area contributed by atoms with Gasteiger partial charge in [-0.3, -0.25) is 0 Å². The summed E-state index contributed by atoms with van der Waals surface area (Å²) in [6, 6.07) is 0. The zero-order valence-electron chi connectivity index (χ0n) is 11.9. The number of hydrogen-bond donors (Lipinski definition) is 0. The van der Waals surface area contributed by atoms with Gasteiger partial charge in [0.1, 0.15) is 6.71 Å². The third kappa shape index (κ3) is 9.79. The Morgan fingerprint density at radius 1 is 0.688 bits per heavy atom. The van der Waals surface area contributed by atoms with Crippen molar-refractivity contribution in [3.05, 3.63) is 14.9 Å². The summed E-state index contributed by atoms with van der Waals surface area (Å²) in [5.74, 6) is 1.06. The molecule has 2 aliphatic rings. The summed E-state index contributed by atoms with van der Waals surface area (Å²) < 4.78 is 0. The normalized spacial score (nSPS) is 18.4. The maximum atomic E-state index is 2.34. The molecule has 2 heteroatoms. The van der Waals surface area contributed by atoms with Crippen LogP contribution >= 0.6 is 0 Å². The molecule has 0 nitrogen and oxygen atoms in total. The summed E-state index contributed by atoms with van der Waals surface area (Å²) in [5, 5.41) is 0. The van der Waals surface area contributed by atoms with Crippen molar-refractivity contribution in [2.45, 2.75) is 77.3 Å². The van der Waals surface area contributed by atoms with Crippen molar-refractivity contribution in [3.63, 3.8) is 0 Å². The van der Waals surface area contributed by atoms with E-state index < -0.39 is 0 Å². The molecule has 0 bridgehead atoms. The minimum Gasteiger partial charge on any atom is -0.358 e. The molecular weight excluding hydrogens is 235 g/mol. The second-order valence-electron chi connectivity index (χ2n) is 5.06. The molecule has 2 aliphatic carbocycles. The van der Waals surface area contributed by atoms with Crippen LogP contribution in [0.4, 0.5) is 0 Å². The van der Waals surface area contributed by atoms with E-state index in [1.165, 1.54) is 57.8 Å². The first kappa shape index (κ1) is 21.8. The second-order valence-corrected chi connectivity index (χ2v) is 5.06. The topological polar surface area (TPSA) is 0 Å². The van der Waals surface area contributed by atoms with E-state index in [2.05, 4.69) is 13.6 Å². The molecule has 0 aromatic carbocycles. The first-order valence-electron chi connectivity index (χ1n) is 6.30. The van der Waals surface area contributed by atoms with Gasteiger partial charge < -0.3 is 14.9 Å². The van der Waals surface area contributed by atoms with Gasteiger partial charge in [-0.05, 0) is 0 Å². The van der Waals surface area contributed by atoms with Crippen LogP contribution in [0, 0.1) is 14.9 Å². The van der Waals surface area contributed by atoms with Crippen LogP contribution < -0.4 is 0 Å². The molecule has 0 atom stereocenters. The average Bonchev–Trinajstić information content (AvgIpc) is 2.82. The van der Waals surface area contributed by atoms with Crippen molar-refractivity contribution >= 4 is 6.71 Å². The molecule has 0 radical (unpaired) electrons. The van der Waals surface area contributed by atoms with Gasteiger partial charge in [-0.25, -0.2) is 0 Å². The third-order valence-electron chi connectivity index (χ3n) is 3.59. The van der Waals surface area contributed by atoms with Gasteiger partial charge in [-0.2, -0.15) is 0 Å². The van der Waals surface area contributed by atoms with E-state index in [0.29, 0.717) is 0 Å². The van der Waals surface area contributed by atoms with Gasteiger partial charge >= 0.3 is 17.1 Å². The fourth-order valence-electron chi connectivity index (χ4n) is 2.51. The molecule has 2 saturated carbocycles. The minimum atomic E-state index is 0. The summed E-state index contributed by atoms with van der Waals surface area (Å²) in [6.07, 6.45) is 13.5. The van der Waals surface area contributed by atoms with Gasteiger partial charge in [0.25, 0.3) is 0 Å². The van der Waals surface area contributed by atoms with Crippen molar-refractivity contribution in [2.75, 3.05) is 0 Å². The van der Waals surface area contributed by atoms with Crippen molar-refractivity contribution in [3.8, 4) is 0 Å². The van der Waals surface area contributed by atoms with Crippen LogP contribution in [0.2, 0.25) is 19.5 Å². The molecule has 2 rings (SSSR count). The van der Waals surface area contributed by atoms with E-state index in [-0.39, 0.29) is 31.9 Å². The smallest absolute Gasteiger partial charge is 0.358 e. The predicted octanol–water partition coefficient (Wildman–Crippen LogP) is 5.53. The van der Waals surface area contributed by atoms with Crippen LogP contribution in [0.15, 0.2) is 0 Å². The Labute approximate surface area is 116 Å². The first-order chi connectivity index (χ1) is 6.30. The molecule has 2 fully saturated rings. The summed E-state index contributed by atoms with van der Waals surface area (Å²) in [6.45, 7) is 5.63. The molecule has 0 heterocycles. The van der Waals surface area contributed by atoms with Gasteiger partial charge in [0.15, 0.2) is 0 Å². The van der Waals surface area contributed by atoms with Crippen molar-refractivity contribution in [1.29, 1.82) is 0 Å². The maximum absolute atomic E-state index is 2.34. The maximum Gasteiger partial charge on any atom is 2.00 e. The summed E-state index contributed by atoms with van der Waals surface area (Å²) in [5.41, 5.74) is 0. The van der Waals surface area contributed by atoms with Crippen molar-refractivity contribution < 1.29 is 17.1 Å². The Bertz CT molecular complexity index is 108. The van der Waals surface area contributed by atoms with Crippen LogP contribution in [0.5, 0.6) is 0 Å². The molecule has 98 valence electrons. The van der Waals surface area contributed by atoms with Crippen LogP contribution in [-0.2, 0) is 17.1 Å². The quantitative estimate of drug-likeness (QED) is 0.432. The molecule has 0 N–H and O–H groups in total. The third-order valence-corrected chi connectivity index (χ3v) is 3.59. The Kier molecular flexibility index (Phi) is 18.6. The van der Waals surface area contributed by atoms with Gasteiger partial charge in [0.05, 0.1) is 0 Å². The van der Waals surface area contributed by atoms with Crippen LogP contribution in [-0.4, -0.2) is 6.71 Å². The molecular formula is C14H31BFe. The molecule has 0 aliphatic heterocycles. The molecule has 0 aromatic heterocycles. The summed E-state index contributed by atoms with van der Waals surface area (Å²) in [4.78, 5) is 0. The first-order valence-corrected chi connectivity index (χ1v) is 6.30. The predicted molar refractivity (Wildman–Crippen MR) is 75.6 cm³/mol. The van der Waals surface area contributed by atoms with Crippen molar-refractivity contribution in [1.82, 2.24) is 0 Å². The van der Waals surface area contributed by atoms with Crippen LogP contribution in [0.3, 0.4) is 0 Å². The van der Waals surface area contributed by atoms with Gasteiger partial charge in [0.2, 0.25) is 0 Å². The van der Waals surface area contributed by atoms with Gasteiger partial charge in [-0.1, -0.05) is 77.3 Å². The van der Waals surface area contributed by atoms with E-state index in [0.717, 1.165) is 12.5 Å². The fraction of sp³-hybridized carbons (Fsp3) is 0.857. The van der Waals surface area contributed by atoms with Gasteiger partial charge in [0, 0.05) is 0 Å². The molecule has 16 heavy (non-hydrogen) atoms. The summed E-state index contributed by atoms with van der Waals surface area (Å²) in [7, 11) is 0. The van der Waals surface area contributed by atoms with E-state index in [1.807, 2.05) is 0 Å². The number of rotatable bonds is 1. The van der Waals surface area contributed by atoms with E-state index in [9.17, 15) is 0 Å². The standard InChI is InChI=1S/C7H15B.C5H10.2CH3.Fe/c1-8(2)7-5-3-4-6-7;1-2-4-5-3-1;;;/h7H,3-6H2,1-2H3;1-5H2;2*1H3;/q;;2*-1;+2. The number of hydrogen-bond acceptors (Lipinski definition) is 0. The van der Waals surface area contributed by atoms with E-state index >= 15 is 0 Å². The molecule has 0 spiro atoms. The van der Waals surface area contributed by atoms with E-state index in [4.69, 9.17) is 0 Å². The van der Waals surface area contributed by atoms with Gasteiger partial charge in [-0.15, -0.1) is 0 Å². The molecule has 0 saturated heterocycles. The Balaban J connectivity index is -0.000000189. The summed E-state index contributed by atoms with van der Waals surface area (Å²) >= 11 is 0. The average molecular weight is 266 g/mol. The van der Waals surface area contributed by atoms with Crippen LogP contribution in [0.1, 0.15) is 57.8 Å². The van der Waals surface area contributed by atoms with E-state index in [1.54, 1.807) is 0 Å². The SMILES string of the molecule is C1CCCC1.CB(C)C1CCCC1.[CH3-].[CH3-].[Fe+2]. The van der Waals surface area contributed by atoms with Crippen LogP contribution in [0.25, 0.3) is 0 Å². The largest absolute Gasteiger partial charge is 2.00 e. The molecule has 0 aromatic rings. The Hall–Kier alpha value is 0.584. The zero-order chi connectivity index (χ0) is 9.52. The zero-order valence-corrected chi connectivity index (χ0v) is 13.0. The fourth-order valence-corrected chi connectivity index (χ4v) is 2.51. The Morgan fingerprint density at radius 2 is 1.00 bits per heavy atom. The molecule has 0 unspecified atom stereocenters. The second kappa shape index (κ2) is 13.6.